The molecule has 29 heavy (non-hydrogen) atoms. The second-order valence-electron chi connectivity index (χ2n) is 7.14. The van der Waals surface area contributed by atoms with Crippen molar-refractivity contribution in [2.24, 2.45) is 0 Å². The van der Waals surface area contributed by atoms with E-state index in [-0.39, 0.29) is 17.4 Å². The first-order valence-corrected chi connectivity index (χ1v) is 9.42. The van der Waals surface area contributed by atoms with Crippen LogP contribution < -0.4 is 4.90 Å². The van der Waals surface area contributed by atoms with Crippen molar-refractivity contribution < 1.29 is 14.5 Å². The van der Waals surface area contributed by atoms with Crippen molar-refractivity contribution in [3.05, 3.63) is 70.3 Å². The summed E-state index contributed by atoms with van der Waals surface area (Å²) < 4.78 is 0. The highest BCUT2D eigenvalue weighted by Crippen LogP contribution is 2.21. The number of nitro benzene ring substituents is 1. The van der Waals surface area contributed by atoms with Gasteiger partial charge in [-0.3, -0.25) is 24.6 Å². The third kappa shape index (κ3) is 4.67. The largest absolute Gasteiger partial charge is 0.314 e. The predicted molar refractivity (Wildman–Crippen MR) is 110 cm³/mol. The number of piperazine rings is 1. The lowest BCUT2D eigenvalue weighted by Crippen LogP contribution is -2.57. The van der Waals surface area contributed by atoms with Crippen LogP contribution >= 0.6 is 0 Å². The molecule has 1 fully saturated rings. The van der Waals surface area contributed by atoms with Gasteiger partial charge in [0.1, 0.15) is 0 Å². The minimum Gasteiger partial charge on any atom is -0.314 e. The maximum absolute atomic E-state index is 13.4. The van der Waals surface area contributed by atoms with Crippen LogP contribution in [0, 0.1) is 10.1 Å². The third-order valence-corrected chi connectivity index (χ3v) is 5.22. The standard InChI is InChI=1S/C21H24N4O4/c1-22-12-14-24(15-13-22)19(20(26)16-6-4-3-5-7-16)21(27)23(2)17-8-10-18(11-9-17)25(28)29/h3-11,19H,12-15H2,1-2H3. The van der Waals surface area contributed by atoms with E-state index in [1.165, 1.54) is 29.2 Å². The zero-order chi connectivity index (χ0) is 21.0. The molecule has 152 valence electrons. The molecule has 0 aromatic heterocycles. The molecular weight excluding hydrogens is 372 g/mol. The number of rotatable bonds is 6. The normalized spacial score (nSPS) is 16.2. The number of Topliss-reactive ketones (excluding diaryl/α,β-unsaturated/α-hetero) is 1. The van der Waals surface area contributed by atoms with E-state index in [4.69, 9.17) is 0 Å². The van der Waals surface area contributed by atoms with Crippen LogP contribution in [0.3, 0.4) is 0 Å². The molecule has 2 aromatic carbocycles. The van der Waals surface area contributed by atoms with Crippen LogP contribution in [0.15, 0.2) is 54.6 Å². The first-order chi connectivity index (χ1) is 13.9. The lowest BCUT2D eigenvalue weighted by molar-refractivity contribution is -0.384. The van der Waals surface area contributed by atoms with E-state index in [1.54, 1.807) is 31.3 Å². The molecule has 2 aromatic rings. The summed E-state index contributed by atoms with van der Waals surface area (Å²) in [6, 6.07) is 13.6. The SMILES string of the molecule is CN1CCN(C(C(=O)c2ccccc2)C(=O)N(C)c2ccc([N+](=O)[O-])cc2)CC1. The van der Waals surface area contributed by atoms with E-state index in [9.17, 15) is 19.7 Å². The van der Waals surface area contributed by atoms with Crippen LogP contribution in [0.25, 0.3) is 0 Å². The molecule has 1 amide bonds. The topological polar surface area (TPSA) is 87.0 Å². The molecule has 1 aliphatic heterocycles. The van der Waals surface area contributed by atoms with E-state index in [0.717, 1.165) is 13.1 Å². The number of non-ortho nitro benzene ring substituents is 1. The van der Waals surface area contributed by atoms with Crippen LogP contribution in [0.5, 0.6) is 0 Å². The highest BCUT2D eigenvalue weighted by molar-refractivity contribution is 6.17. The maximum Gasteiger partial charge on any atom is 0.269 e. The van der Waals surface area contributed by atoms with Crippen molar-refractivity contribution in [3.63, 3.8) is 0 Å². The minimum atomic E-state index is -0.939. The molecule has 1 saturated heterocycles. The molecule has 0 bridgehead atoms. The van der Waals surface area contributed by atoms with Crippen molar-refractivity contribution in [1.29, 1.82) is 0 Å². The lowest BCUT2D eigenvalue weighted by Gasteiger charge is -2.37. The number of ketones is 1. The Bertz CT molecular complexity index is 877. The molecule has 1 unspecified atom stereocenters. The Kier molecular flexibility index (Phi) is 6.36. The van der Waals surface area contributed by atoms with E-state index < -0.39 is 11.0 Å². The number of carbonyl (C=O) groups excluding carboxylic acids is 2. The van der Waals surface area contributed by atoms with Crippen LogP contribution in [0.2, 0.25) is 0 Å². The van der Waals surface area contributed by atoms with E-state index in [1.807, 2.05) is 18.0 Å². The highest BCUT2D eigenvalue weighted by atomic mass is 16.6. The van der Waals surface area contributed by atoms with Gasteiger partial charge in [0.05, 0.1) is 4.92 Å². The average Bonchev–Trinajstić information content (AvgIpc) is 2.75. The Morgan fingerprint density at radius 1 is 1.00 bits per heavy atom. The third-order valence-electron chi connectivity index (χ3n) is 5.22. The number of nitro groups is 1. The fraction of sp³-hybridized carbons (Fsp3) is 0.333. The second kappa shape index (κ2) is 8.93. The van der Waals surface area contributed by atoms with Crippen molar-refractivity contribution in [1.82, 2.24) is 9.80 Å². The van der Waals surface area contributed by atoms with Crippen LogP contribution in [-0.4, -0.2) is 72.7 Å². The fourth-order valence-corrected chi connectivity index (χ4v) is 3.38. The van der Waals surface area contributed by atoms with Gasteiger partial charge in [0.25, 0.3) is 11.6 Å². The Morgan fingerprint density at radius 3 is 2.14 bits per heavy atom. The zero-order valence-corrected chi connectivity index (χ0v) is 16.5. The minimum absolute atomic E-state index is 0.0504. The Labute approximate surface area is 169 Å². The maximum atomic E-state index is 13.4. The predicted octanol–water partition coefficient (Wildman–Crippen LogP) is 2.06. The van der Waals surface area contributed by atoms with E-state index in [2.05, 4.69) is 4.90 Å². The molecule has 1 heterocycles. The van der Waals surface area contributed by atoms with Gasteiger partial charge in [-0.1, -0.05) is 30.3 Å². The quantitative estimate of drug-likeness (QED) is 0.321. The van der Waals surface area contributed by atoms with Gasteiger partial charge >= 0.3 is 0 Å². The van der Waals surface area contributed by atoms with Gasteiger partial charge in [0, 0.05) is 56.6 Å². The highest BCUT2D eigenvalue weighted by Gasteiger charge is 2.37. The molecule has 0 spiro atoms. The monoisotopic (exact) mass is 396 g/mol. The molecule has 0 radical (unpaired) electrons. The summed E-state index contributed by atoms with van der Waals surface area (Å²) in [5, 5.41) is 10.9. The summed E-state index contributed by atoms with van der Waals surface area (Å²) in [7, 11) is 3.60. The van der Waals surface area contributed by atoms with Crippen LogP contribution in [0.1, 0.15) is 10.4 Å². The number of anilines is 1. The number of likely N-dealkylation sites (N-methyl/N-ethyl adjacent to an activating group) is 2. The van der Waals surface area contributed by atoms with Crippen molar-refractivity contribution in [3.8, 4) is 0 Å². The van der Waals surface area contributed by atoms with Gasteiger partial charge in [-0.15, -0.1) is 0 Å². The summed E-state index contributed by atoms with van der Waals surface area (Å²) in [6.07, 6.45) is 0. The number of benzene rings is 2. The zero-order valence-electron chi connectivity index (χ0n) is 16.5. The Balaban J connectivity index is 1.88. The van der Waals surface area contributed by atoms with Gasteiger partial charge in [-0.25, -0.2) is 0 Å². The van der Waals surface area contributed by atoms with Gasteiger partial charge in [0.15, 0.2) is 11.8 Å². The molecule has 8 nitrogen and oxygen atoms in total. The van der Waals surface area contributed by atoms with Gasteiger partial charge in [-0.05, 0) is 19.2 Å². The molecule has 3 rings (SSSR count). The first kappa shape index (κ1) is 20.6. The average molecular weight is 396 g/mol. The Hall–Kier alpha value is -3.10. The smallest absolute Gasteiger partial charge is 0.269 e. The van der Waals surface area contributed by atoms with Gasteiger partial charge in [-0.2, -0.15) is 0 Å². The van der Waals surface area contributed by atoms with Crippen LogP contribution in [0.4, 0.5) is 11.4 Å². The van der Waals surface area contributed by atoms with Crippen molar-refractivity contribution in [2.45, 2.75) is 6.04 Å². The summed E-state index contributed by atoms with van der Waals surface area (Å²) in [6.45, 7) is 2.76. The molecule has 0 N–H and O–H groups in total. The number of hydrogen-bond donors (Lipinski definition) is 0. The van der Waals surface area contributed by atoms with E-state index in [0.29, 0.717) is 24.3 Å². The number of amides is 1. The molecular formula is C21H24N4O4. The summed E-state index contributed by atoms with van der Waals surface area (Å²) in [5.41, 5.74) is 0.938. The molecule has 8 heteroatoms. The molecule has 0 aliphatic carbocycles. The number of nitrogens with zero attached hydrogens (tertiary/aromatic N) is 4. The molecule has 1 aliphatic rings. The second-order valence-corrected chi connectivity index (χ2v) is 7.14. The van der Waals surface area contributed by atoms with Gasteiger partial charge < -0.3 is 9.80 Å². The van der Waals surface area contributed by atoms with Gasteiger partial charge in [0.2, 0.25) is 0 Å². The van der Waals surface area contributed by atoms with Crippen molar-refractivity contribution >= 4 is 23.1 Å². The van der Waals surface area contributed by atoms with Crippen molar-refractivity contribution in [2.75, 3.05) is 45.2 Å². The molecule has 1 atom stereocenters. The Morgan fingerprint density at radius 2 is 1.59 bits per heavy atom. The number of carbonyl (C=O) groups is 2. The first-order valence-electron chi connectivity index (χ1n) is 9.42. The van der Waals surface area contributed by atoms with Crippen LogP contribution in [-0.2, 0) is 4.79 Å². The number of hydrogen-bond acceptors (Lipinski definition) is 6. The fourth-order valence-electron chi connectivity index (χ4n) is 3.38. The van der Waals surface area contributed by atoms with E-state index >= 15 is 0 Å². The summed E-state index contributed by atoms with van der Waals surface area (Å²) in [5.74, 6) is -0.592. The lowest BCUT2D eigenvalue weighted by atomic mass is 10.0. The summed E-state index contributed by atoms with van der Waals surface area (Å²) >= 11 is 0. The summed E-state index contributed by atoms with van der Waals surface area (Å²) in [4.78, 5) is 42.5. The molecule has 0 saturated carbocycles.